The highest BCUT2D eigenvalue weighted by Gasteiger charge is 2.36. The molecule has 1 aliphatic heterocycles. The third kappa shape index (κ3) is 1.56. The van der Waals surface area contributed by atoms with E-state index in [0.29, 0.717) is 6.42 Å². The maximum atomic E-state index is 11.3. The molecule has 16 heavy (non-hydrogen) atoms. The number of anilines is 1. The van der Waals surface area contributed by atoms with Crippen molar-refractivity contribution in [2.24, 2.45) is 0 Å². The summed E-state index contributed by atoms with van der Waals surface area (Å²) in [5.74, 6) is -0.732. The number of aryl methyl sites for hydroxylation is 1. The van der Waals surface area contributed by atoms with E-state index in [4.69, 9.17) is 0 Å². The fourth-order valence-corrected chi connectivity index (χ4v) is 2.50. The summed E-state index contributed by atoms with van der Waals surface area (Å²) in [5, 5.41) is 9.25. The molecule has 0 fully saturated rings. The van der Waals surface area contributed by atoms with Crippen LogP contribution in [0.25, 0.3) is 0 Å². The minimum Gasteiger partial charge on any atom is -0.480 e. The van der Waals surface area contributed by atoms with Crippen LogP contribution in [-0.4, -0.2) is 23.2 Å². The van der Waals surface area contributed by atoms with Gasteiger partial charge in [-0.3, -0.25) is 0 Å². The Kier molecular flexibility index (Phi) is 2.62. The Bertz CT molecular complexity index is 426. The normalized spacial score (nSPS) is 19.0. The van der Waals surface area contributed by atoms with Gasteiger partial charge in [-0.15, -0.1) is 0 Å². The van der Waals surface area contributed by atoms with Gasteiger partial charge < -0.3 is 10.0 Å². The minimum atomic E-state index is -0.732. The summed E-state index contributed by atoms with van der Waals surface area (Å²) >= 11 is 0. The highest BCUT2D eigenvalue weighted by atomic mass is 16.4. The van der Waals surface area contributed by atoms with Gasteiger partial charge >= 0.3 is 5.97 Å². The average molecular weight is 219 g/mol. The summed E-state index contributed by atoms with van der Waals surface area (Å²) in [4.78, 5) is 13.3. The van der Waals surface area contributed by atoms with Crippen LogP contribution < -0.4 is 4.90 Å². The molecular formula is C13H17NO2. The fraction of sp³-hybridized carbons (Fsp3) is 0.462. The van der Waals surface area contributed by atoms with Crippen molar-refractivity contribution in [1.29, 1.82) is 0 Å². The summed E-state index contributed by atoms with van der Waals surface area (Å²) in [7, 11) is 0. The highest BCUT2D eigenvalue weighted by Crippen LogP contribution is 2.35. The second-order valence-electron chi connectivity index (χ2n) is 4.63. The maximum absolute atomic E-state index is 11.3. The lowest BCUT2D eigenvalue weighted by molar-refractivity contribution is -0.138. The monoisotopic (exact) mass is 219 g/mol. The van der Waals surface area contributed by atoms with Gasteiger partial charge in [0.15, 0.2) is 0 Å². The first kappa shape index (κ1) is 11.0. The van der Waals surface area contributed by atoms with Crippen LogP contribution in [0.3, 0.4) is 0 Å². The van der Waals surface area contributed by atoms with E-state index in [0.717, 1.165) is 5.69 Å². The van der Waals surface area contributed by atoms with E-state index in [1.807, 2.05) is 43.9 Å². The molecule has 1 heterocycles. The number of nitrogens with zero attached hydrogens (tertiary/aromatic N) is 1. The Morgan fingerprint density at radius 1 is 1.50 bits per heavy atom. The number of carboxylic acids is 1. The molecule has 0 aromatic heterocycles. The average Bonchev–Trinajstić information content (AvgIpc) is 2.58. The largest absolute Gasteiger partial charge is 0.480 e. The molecule has 3 nitrogen and oxygen atoms in total. The molecule has 1 unspecified atom stereocenters. The number of hydrogen-bond acceptors (Lipinski definition) is 2. The zero-order valence-corrected chi connectivity index (χ0v) is 9.90. The van der Waals surface area contributed by atoms with Crippen LogP contribution >= 0.6 is 0 Å². The van der Waals surface area contributed by atoms with Crippen LogP contribution in [0.15, 0.2) is 18.2 Å². The quantitative estimate of drug-likeness (QED) is 0.829. The molecule has 1 aliphatic rings. The molecule has 1 aromatic rings. The fourth-order valence-electron chi connectivity index (χ4n) is 2.50. The van der Waals surface area contributed by atoms with Gasteiger partial charge in [-0.1, -0.05) is 12.1 Å². The van der Waals surface area contributed by atoms with E-state index in [2.05, 4.69) is 0 Å². The van der Waals surface area contributed by atoms with Crippen molar-refractivity contribution in [2.75, 3.05) is 4.90 Å². The molecule has 86 valence electrons. The van der Waals surface area contributed by atoms with Gasteiger partial charge in [0.25, 0.3) is 0 Å². The summed E-state index contributed by atoms with van der Waals surface area (Å²) < 4.78 is 0. The van der Waals surface area contributed by atoms with Crippen molar-refractivity contribution in [2.45, 2.75) is 39.3 Å². The van der Waals surface area contributed by atoms with Crippen LogP contribution in [0, 0.1) is 6.92 Å². The molecule has 0 saturated carbocycles. The molecule has 0 radical (unpaired) electrons. The van der Waals surface area contributed by atoms with E-state index < -0.39 is 12.0 Å². The number of carboxylic acid groups (broad SMARTS) is 1. The van der Waals surface area contributed by atoms with Gasteiger partial charge in [-0.2, -0.15) is 0 Å². The van der Waals surface area contributed by atoms with Gasteiger partial charge in [0.2, 0.25) is 0 Å². The number of benzene rings is 1. The van der Waals surface area contributed by atoms with Crippen molar-refractivity contribution < 1.29 is 9.90 Å². The predicted octanol–water partition coefficient (Wildman–Crippen LogP) is 2.22. The number of rotatable bonds is 2. The Labute approximate surface area is 95.7 Å². The molecule has 0 spiro atoms. The molecule has 0 bridgehead atoms. The first-order valence-electron chi connectivity index (χ1n) is 5.62. The van der Waals surface area contributed by atoms with Crippen LogP contribution in [0.2, 0.25) is 0 Å². The number of hydrogen-bond donors (Lipinski definition) is 1. The van der Waals surface area contributed by atoms with Crippen LogP contribution in [-0.2, 0) is 11.2 Å². The smallest absolute Gasteiger partial charge is 0.326 e. The van der Waals surface area contributed by atoms with Crippen LogP contribution in [0.4, 0.5) is 5.69 Å². The lowest BCUT2D eigenvalue weighted by atomic mass is 10.0. The van der Waals surface area contributed by atoms with Gasteiger partial charge in [-0.25, -0.2) is 4.79 Å². The molecule has 0 amide bonds. The first-order valence-corrected chi connectivity index (χ1v) is 5.62. The Morgan fingerprint density at radius 3 is 2.75 bits per heavy atom. The molecular weight excluding hydrogens is 202 g/mol. The topological polar surface area (TPSA) is 40.5 Å². The van der Waals surface area contributed by atoms with E-state index in [-0.39, 0.29) is 6.04 Å². The second-order valence-corrected chi connectivity index (χ2v) is 4.63. The second kappa shape index (κ2) is 3.81. The lowest BCUT2D eigenvalue weighted by Crippen LogP contribution is -2.42. The van der Waals surface area contributed by atoms with Crippen molar-refractivity contribution in [3.8, 4) is 0 Å². The predicted molar refractivity (Wildman–Crippen MR) is 63.9 cm³/mol. The molecule has 1 N–H and O–H groups in total. The SMILES string of the molecule is Cc1cccc2c1CC(C(=O)O)N2C(C)C. The van der Waals surface area contributed by atoms with E-state index in [1.54, 1.807) is 0 Å². The Hall–Kier alpha value is -1.51. The standard InChI is InChI=1S/C13H17NO2/c1-8(2)14-11-6-4-5-9(3)10(11)7-12(14)13(15)16/h4-6,8,12H,7H2,1-3H3,(H,15,16). The number of fused-ring (bicyclic) bond motifs is 1. The van der Waals surface area contributed by atoms with Gasteiger partial charge in [0.05, 0.1) is 0 Å². The first-order chi connectivity index (χ1) is 7.52. The van der Waals surface area contributed by atoms with Crippen molar-refractivity contribution in [3.05, 3.63) is 29.3 Å². The van der Waals surface area contributed by atoms with Gasteiger partial charge in [-0.05, 0) is 38.0 Å². The molecule has 1 aromatic carbocycles. The third-order valence-electron chi connectivity index (χ3n) is 3.24. The van der Waals surface area contributed by atoms with Gasteiger partial charge in [0.1, 0.15) is 6.04 Å². The van der Waals surface area contributed by atoms with Crippen LogP contribution in [0.1, 0.15) is 25.0 Å². The maximum Gasteiger partial charge on any atom is 0.326 e. The Morgan fingerprint density at radius 2 is 2.19 bits per heavy atom. The number of aliphatic carboxylic acids is 1. The van der Waals surface area contributed by atoms with E-state index in [9.17, 15) is 9.90 Å². The van der Waals surface area contributed by atoms with Crippen LogP contribution in [0.5, 0.6) is 0 Å². The summed E-state index contributed by atoms with van der Waals surface area (Å²) in [5.41, 5.74) is 3.46. The summed E-state index contributed by atoms with van der Waals surface area (Å²) in [6.45, 7) is 6.11. The molecule has 1 atom stereocenters. The van der Waals surface area contributed by atoms with Crippen molar-refractivity contribution in [3.63, 3.8) is 0 Å². The van der Waals surface area contributed by atoms with Crippen molar-refractivity contribution in [1.82, 2.24) is 0 Å². The summed E-state index contributed by atoms with van der Waals surface area (Å²) in [6.07, 6.45) is 0.621. The van der Waals surface area contributed by atoms with E-state index >= 15 is 0 Å². The highest BCUT2D eigenvalue weighted by molar-refractivity contribution is 5.83. The lowest BCUT2D eigenvalue weighted by Gasteiger charge is -2.28. The van der Waals surface area contributed by atoms with Gasteiger partial charge in [0, 0.05) is 18.2 Å². The molecule has 2 rings (SSSR count). The molecule has 0 saturated heterocycles. The zero-order valence-electron chi connectivity index (χ0n) is 9.90. The zero-order chi connectivity index (χ0) is 11.9. The summed E-state index contributed by atoms with van der Waals surface area (Å²) in [6, 6.07) is 5.86. The number of carbonyl (C=O) groups is 1. The molecule has 0 aliphatic carbocycles. The molecule has 3 heteroatoms. The minimum absolute atomic E-state index is 0.212. The van der Waals surface area contributed by atoms with E-state index in [1.165, 1.54) is 11.1 Å². The third-order valence-corrected chi connectivity index (χ3v) is 3.24. The van der Waals surface area contributed by atoms with Crippen molar-refractivity contribution >= 4 is 11.7 Å². The Balaban J connectivity index is 2.49.